The average Bonchev–Trinajstić information content (AvgIpc) is 3.44. The third-order valence-corrected chi connectivity index (χ3v) is 6.81. The van der Waals surface area contributed by atoms with E-state index in [4.69, 9.17) is 0 Å². The number of aryl methyl sites for hydroxylation is 1. The predicted octanol–water partition coefficient (Wildman–Crippen LogP) is 3.81. The Bertz CT molecular complexity index is 1050. The lowest BCUT2D eigenvalue weighted by atomic mass is 10.2. The van der Waals surface area contributed by atoms with Crippen molar-refractivity contribution in [2.75, 3.05) is 11.4 Å². The summed E-state index contributed by atoms with van der Waals surface area (Å²) in [5, 5.41) is 3.38. The molecule has 30 heavy (non-hydrogen) atoms. The van der Waals surface area contributed by atoms with E-state index in [2.05, 4.69) is 15.3 Å². The van der Waals surface area contributed by atoms with Crippen LogP contribution in [0.3, 0.4) is 0 Å². The minimum absolute atomic E-state index is 0.0321. The molecule has 0 bridgehead atoms. The number of rotatable bonds is 6. The summed E-state index contributed by atoms with van der Waals surface area (Å²) in [6.45, 7) is 5.01. The van der Waals surface area contributed by atoms with Crippen molar-refractivity contribution in [1.82, 2.24) is 20.2 Å². The van der Waals surface area contributed by atoms with E-state index < -0.39 is 0 Å². The number of hydrogen-bond acceptors (Lipinski definition) is 6. The fourth-order valence-electron chi connectivity index (χ4n) is 3.24. The van der Waals surface area contributed by atoms with Gasteiger partial charge < -0.3 is 10.2 Å². The molecule has 0 radical (unpaired) electrons. The first-order valence-electron chi connectivity index (χ1n) is 9.38. The van der Waals surface area contributed by atoms with Crippen LogP contribution in [0.2, 0.25) is 0 Å². The molecule has 4 rings (SSSR count). The number of benzene rings is 1. The number of urea groups is 1. The van der Waals surface area contributed by atoms with Crippen molar-refractivity contribution in [1.29, 1.82) is 0 Å². The van der Waals surface area contributed by atoms with Gasteiger partial charge in [0.25, 0.3) is 5.91 Å². The highest BCUT2D eigenvalue weighted by Crippen LogP contribution is 2.31. The summed E-state index contributed by atoms with van der Waals surface area (Å²) in [4.78, 5) is 38.8. The summed E-state index contributed by atoms with van der Waals surface area (Å²) >= 11 is 2.69. The number of aromatic nitrogens is 2. The minimum Gasteiger partial charge on any atom is -0.346 e. The summed E-state index contributed by atoms with van der Waals surface area (Å²) in [6.07, 6.45) is 1.72. The highest BCUT2D eigenvalue weighted by molar-refractivity contribution is 7.17. The zero-order valence-electron chi connectivity index (χ0n) is 16.5. The molecule has 0 aliphatic carbocycles. The summed E-state index contributed by atoms with van der Waals surface area (Å²) < 4.78 is 13.1. The second kappa shape index (κ2) is 8.49. The van der Waals surface area contributed by atoms with Crippen molar-refractivity contribution in [3.8, 4) is 0 Å². The van der Waals surface area contributed by atoms with Crippen molar-refractivity contribution in [3.63, 3.8) is 0 Å². The molecule has 1 aromatic carbocycles. The number of anilines is 1. The number of carbonyl (C=O) groups excluding carboxylic acids is 2. The highest BCUT2D eigenvalue weighted by atomic mass is 32.1. The number of nitrogens with zero attached hydrogens (tertiary/aromatic N) is 4. The Morgan fingerprint density at radius 3 is 2.80 bits per heavy atom. The molecule has 1 N–H and O–H groups in total. The van der Waals surface area contributed by atoms with E-state index in [-0.39, 0.29) is 23.8 Å². The fourth-order valence-corrected chi connectivity index (χ4v) is 4.76. The molecule has 1 aliphatic heterocycles. The first kappa shape index (κ1) is 20.4. The van der Waals surface area contributed by atoms with E-state index in [1.54, 1.807) is 40.6 Å². The molecule has 156 valence electrons. The van der Waals surface area contributed by atoms with Crippen molar-refractivity contribution < 1.29 is 14.0 Å². The Balaban J connectivity index is 1.46. The van der Waals surface area contributed by atoms with Crippen molar-refractivity contribution in [2.45, 2.75) is 33.0 Å². The zero-order chi connectivity index (χ0) is 21.3. The Morgan fingerprint density at radius 1 is 1.33 bits per heavy atom. The average molecular weight is 446 g/mol. The Kier molecular flexibility index (Phi) is 5.78. The van der Waals surface area contributed by atoms with Crippen LogP contribution in [0.1, 0.15) is 32.7 Å². The summed E-state index contributed by atoms with van der Waals surface area (Å²) in [7, 11) is 0. The molecule has 3 amide bonds. The van der Waals surface area contributed by atoms with E-state index in [0.717, 1.165) is 10.4 Å². The van der Waals surface area contributed by atoms with Crippen molar-refractivity contribution in [2.24, 2.45) is 0 Å². The third kappa shape index (κ3) is 4.19. The maximum atomic E-state index is 13.1. The second-order valence-electron chi connectivity index (χ2n) is 7.06. The topological polar surface area (TPSA) is 78.4 Å². The van der Waals surface area contributed by atoms with Crippen LogP contribution in [-0.2, 0) is 13.1 Å². The molecule has 10 heteroatoms. The molecule has 0 saturated carbocycles. The molecular weight excluding hydrogens is 425 g/mol. The van der Waals surface area contributed by atoms with Crippen molar-refractivity contribution in [3.05, 3.63) is 62.8 Å². The van der Waals surface area contributed by atoms with E-state index in [1.807, 2.05) is 6.92 Å². The fraction of sp³-hybridized carbons (Fsp3) is 0.300. The van der Waals surface area contributed by atoms with Gasteiger partial charge in [-0.15, -0.1) is 11.3 Å². The van der Waals surface area contributed by atoms with Crippen LogP contribution in [0.15, 0.2) is 36.0 Å². The Hall–Kier alpha value is -2.85. The molecular formula is C20H20FN5O2S2. The van der Waals surface area contributed by atoms with Crippen molar-refractivity contribution >= 4 is 39.7 Å². The van der Waals surface area contributed by atoms with E-state index in [1.165, 1.54) is 34.8 Å². The molecule has 1 saturated heterocycles. The Morgan fingerprint density at radius 2 is 2.10 bits per heavy atom. The van der Waals surface area contributed by atoms with Gasteiger partial charge in [-0.25, -0.2) is 14.2 Å². The molecule has 1 fully saturated rings. The standard InChI is InChI=1S/C20H20FN5O2S2/c1-12-9-26(20(28)25(12)10-14-3-5-15(21)6-4-14)19-24-13(2)17(30-19)18(27)23-8-16-7-22-11-29-16/h3-7,11-12H,8-10H2,1-2H3,(H,23,27)/t12-/m1/s1. The molecule has 0 unspecified atom stereocenters. The monoisotopic (exact) mass is 445 g/mol. The van der Waals surface area contributed by atoms with Gasteiger partial charge in [0.2, 0.25) is 0 Å². The van der Waals surface area contributed by atoms with Gasteiger partial charge in [-0.3, -0.25) is 14.7 Å². The van der Waals surface area contributed by atoms with Crippen LogP contribution in [0, 0.1) is 12.7 Å². The lowest BCUT2D eigenvalue weighted by molar-refractivity contribution is 0.0954. The van der Waals surface area contributed by atoms with Gasteiger partial charge >= 0.3 is 6.03 Å². The number of halogens is 1. The van der Waals surface area contributed by atoms with Crippen LogP contribution >= 0.6 is 22.7 Å². The van der Waals surface area contributed by atoms with Gasteiger partial charge in [0.05, 0.1) is 24.3 Å². The van der Waals surface area contributed by atoms with Crippen LogP contribution < -0.4 is 10.2 Å². The SMILES string of the molecule is Cc1nc(N2C[C@@H](C)N(Cc3ccc(F)cc3)C2=O)sc1C(=O)NCc1cncs1. The third-order valence-electron chi connectivity index (χ3n) is 4.85. The van der Waals surface area contributed by atoms with Gasteiger partial charge in [-0.2, -0.15) is 0 Å². The Labute approximate surface area is 181 Å². The number of nitrogens with one attached hydrogen (secondary N) is 1. The molecule has 3 aromatic rings. The van der Waals surface area contributed by atoms with Gasteiger partial charge in [-0.05, 0) is 31.5 Å². The van der Waals surface area contributed by atoms with Crippen LogP contribution in [0.4, 0.5) is 14.3 Å². The number of carbonyl (C=O) groups is 2. The number of thiazole rings is 2. The second-order valence-corrected chi connectivity index (χ2v) is 9.01. The van der Waals surface area contributed by atoms with Gasteiger partial charge in [-0.1, -0.05) is 23.5 Å². The number of hydrogen-bond donors (Lipinski definition) is 1. The van der Waals surface area contributed by atoms with Gasteiger partial charge in [0.15, 0.2) is 5.13 Å². The summed E-state index contributed by atoms with van der Waals surface area (Å²) in [5.74, 6) is -0.520. The number of amides is 3. The lowest BCUT2D eigenvalue weighted by Crippen LogP contribution is -2.33. The molecule has 1 atom stereocenters. The first-order valence-corrected chi connectivity index (χ1v) is 11.1. The normalized spacial score (nSPS) is 16.4. The largest absolute Gasteiger partial charge is 0.346 e. The molecule has 0 spiro atoms. The molecule has 7 nitrogen and oxygen atoms in total. The van der Waals surface area contributed by atoms with Gasteiger partial charge in [0.1, 0.15) is 10.7 Å². The first-order chi connectivity index (χ1) is 14.4. The van der Waals surface area contributed by atoms with Crippen LogP contribution in [-0.4, -0.2) is 39.4 Å². The molecule has 3 heterocycles. The quantitative estimate of drug-likeness (QED) is 0.626. The van der Waals surface area contributed by atoms with Crippen LogP contribution in [0.5, 0.6) is 0 Å². The molecule has 2 aromatic heterocycles. The lowest BCUT2D eigenvalue weighted by Gasteiger charge is -2.20. The minimum atomic E-state index is -0.305. The maximum absolute atomic E-state index is 13.1. The predicted molar refractivity (Wildman–Crippen MR) is 114 cm³/mol. The maximum Gasteiger partial charge on any atom is 0.326 e. The van der Waals surface area contributed by atoms with Gasteiger partial charge in [0, 0.05) is 23.7 Å². The van der Waals surface area contributed by atoms with Crippen LogP contribution in [0.25, 0.3) is 0 Å². The van der Waals surface area contributed by atoms with E-state index >= 15 is 0 Å². The smallest absolute Gasteiger partial charge is 0.326 e. The van der Waals surface area contributed by atoms with E-state index in [9.17, 15) is 14.0 Å². The summed E-state index contributed by atoms with van der Waals surface area (Å²) in [5.41, 5.74) is 3.17. The zero-order valence-corrected chi connectivity index (χ0v) is 18.1. The molecule has 1 aliphatic rings. The van der Waals surface area contributed by atoms with E-state index in [0.29, 0.717) is 35.3 Å². The highest BCUT2D eigenvalue weighted by Gasteiger charge is 2.37. The summed E-state index contributed by atoms with van der Waals surface area (Å²) in [6, 6.07) is 5.93.